The average Bonchev–Trinajstić information content (AvgIpc) is 2.68. The fourth-order valence-corrected chi connectivity index (χ4v) is 1.69. The molecule has 0 saturated carbocycles. The van der Waals surface area contributed by atoms with Gasteiger partial charge in [-0.2, -0.15) is 0 Å². The first kappa shape index (κ1) is 9.77. The number of hydrogen-bond acceptors (Lipinski definition) is 2. The second-order valence-electron chi connectivity index (χ2n) is 3.42. The molecule has 0 aliphatic heterocycles. The van der Waals surface area contributed by atoms with Crippen LogP contribution in [0.1, 0.15) is 22.8 Å². The Morgan fingerprint density at radius 1 is 1.40 bits per heavy atom. The van der Waals surface area contributed by atoms with Gasteiger partial charge in [-0.3, -0.25) is 0 Å². The molecule has 0 spiro atoms. The van der Waals surface area contributed by atoms with Crippen molar-refractivity contribution in [3.8, 4) is 0 Å². The van der Waals surface area contributed by atoms with Gasteiger partial charge in [0.05, 0.1) is 12.2 Å². The first-order chi connectivity index (χ1) is 7.24. The predicted molar refractivity (Wildman–Crippen MR) is 59.0 cm³/mol. The van der Waals surface area contributed by atoms with E-state index in [9.17, 15) is 4.79 Å². The maximum atomic E-state index is 11.6. The topological polar surface area (TPSA) is 42.1 Å². The van der Waals surface area contributed by atoms with Crippen LogP contribution in [0.3, 0.4) is 0 Å². The number of aryl methyl sites for hydroxylation is 1. The summed E-state index contributed by atoms with van der Waals surface area (Å²) in [7, 11) is 0. The van der Waals surface area contributed by atoms with E-state index in [2.05, 4.69) is 4.98 Å². The lowest BCUT2D eigenvalue weighted by atomic mass is 10.1. The Labute approximate surface area is 88.1 Å². The summed E-state index contributed by atoms with van der Waals surface area (Å²) in [5.41, 5.74) is 2.75. The molecule has 1 N–H and O–H groups in total. The first-order valence-corrected chi connectivity index (χ1v) is 4.98. The molecular weight excluding hydrogens is 190 g/mol. The van der Waals surface area contributed by atoms with Crippen LogP contribution >= 0.6 is 0 Å². The van der Waals surface area contributed by atoms with E-state index in [1.165, 1.54) is 0 Å². The quantitative estimate of drug-likeness (QED) is 0.762. The molecule has 1 aromatic carbocycles. The fraction of sp³-hybridized carbons (Fsp3) is 0.250. The Morgan fingerprint density at radius 3 is 2.93 bits per heavy atom. The lowest BCUT2D eigenvalue weighted by molar-refractivity contribution is 0.0528. The van der Waals surface area contributed by atoms with E-state index in [0.717, 1.165) is 16.5 Å². The fourth-order valence-electron chi connectivity index (χ4n) is 1.69. The Hall–Kier alpha value is -1.77. The Balaban J connectivity index is 2.57. The van der Waals surface area contributed by atoms with Crippen LogP contribution in [-0.4, -0.2) is 17.6 Å². The van der Waals surface area contributed by atoms with Crippen LogP contribution in [0, 0.1) is 6.92 Å². The van der Waals surface area contributed by atoms with Gasteiger partial charge in [0, 0.05) is 17.1 Å². The normalized spacial score (nSPS) is 10.5. The Morgan fingerprint density at radius 2 is 2.20 bits per heavy atom. The van der Waals surface area contributed by atoms with Crippen LogP contribution in [0.2, 0.25) is 0 Å². The summed E-state index contributed by atoms with van der Waals surface area (Å²) in [5, 5.41) is 0.924. The summed E-state index contributed by atoms with van der Waals surface area (Å²) in [5.74, 6) is -0.262. The zero-order valence-electron chi connectivity index (χ0n) is 8.83. The average molecular weight is 203 g/mol. The third-order valence-corrected chi connectivity index (χ3v) is 2.43. The van der Waals surface area contributed by atoms with Crippen LogP contribution in [0.25, 0.3) is 10.9 Å². The largest absolute Gasteiger partial charge is 0.462 e. The van der Waals surface area contributed by atoms with Gasteiger partial charge >= 0.3 is 5.97 Å². The van der Waals surface area contributed by atoms with Crippen molar-refractivity contribution in [1.29, 1.82) is 0 Å². The molecule has 0 amide bonds. The van der Waals surface area contributed by atoms with E-state index in [4.69, 9.17) is 4.74 Å². The molecule has 0 fully saturated rings. The highest BCUT2D eigenvalue weighted by molar-refractivity contribution is 6.04. The summed E-state index contributed by atoms with van der Waals surface area (Å²) in [6.45, 7) is 4.22. The van der Waals surface area contributed by atoms with Crippen molar-refractivity contribution < 1.29 is 9.53 Å². The molecule has 2 aromatic rings. The van der Waals surface area contributed by atoms with Crippen LogP contribution in [-0.2, 0) is 4.74 Å². The van der Waals surface area contributed by atoms with Crippen molar-refractivity contribution in [3.63, 3.8) is 0 Å². The Bertz CT molecular complexity index is 499. The monoisotopic (exact) mass is 203 g/mol. The zero-order chi connectivity index (χ0) is 10.8. The van der Waals surface area contributed by atoms with E-state index >= 15 is 0 Å². The molecule has 1 aromatic heterocycles. The minimum Gasteiger partial charge on any atom is -0.462 e. The Kier molecular flexibility index (Phi) is 2.46. The summed E-state index contributed by atoms with van der Waals surface area (Å²) >= 11 is 0. The number of carbonyl (C=O) groups excluding carboxylic acids is 1. The van der Waals surface area contributed by atoms with Crippen LogP contribution in [0.5, 0.6) is 0 Å². The molecule has 0 bridgehead atoms. The highest BCUT2D eigenvalue weighted by Gasteiger charge is 2.12. The lowest BCUT2D eigenvalue weighted by Crippen LogP contribution is -2.05. The molecule has 3 heteroatoms. The molecule has 15 heavy (non-hydrogen) atoms. The van der Waals surface area contributed by atoms with E-state index < -0.39 is 0 Å². The summed E-state index contributed by atoms with van der Waals surface area (Å²) in [6, 6.07) is 5.63. The molecule has 78 valence electrons. The van der Waals surface area contributed by atoms with Crippen LogP contribution in [0.15, 0.2) is 24.4 Å². The van der Waals surface area contributed by atoms with Gasteiger partial charge in [-0.25, -0.2) is 4.79 Å². The smallest absolute Gasteiger partial charge is 0.338 e. The first-order valence-electron chi connectivity index (χ1n) is 4.98. The molecule has 1 heterocycles. The van der Waals surface area contributed by atoms with E-state index in [0.29, 0.717) is 12.2 Å². The highest BCUT2D eigenvalue weighted by atomic mass is 16.5. The molecule has 0 saturated heterocycles. The zero-order valence-corrected chi connectivity index (χ0v) is 8.83. The number of hydrogen-bond donors (Lipinski definition) is 1. The maximum absolute atomic E-state index is 11.6. The SMILES string of the molecule is CCOC(=O)c1ccc(C)c2[nH]ccc12. The number of benzene rings is 1. The van der Waals surface area contributed by atoms with Gasteiger partial charge in [0.15, 0.2) is 0 Å². The lowest BCUT2D eigenvalue weighted by Gasteiger charge is -2.04. The number of carbonyl (C=O) groups is 1. The number of aromatic nitrogens is 1. The summed E-state index contributed by atoms with van der Waals surface area (Å²) in [6.07, 6.45) is 1.83. The summed E-state index contributed by atoms with van der Waals surface area (Å²) < 4.78 is 4.99. The maximum Gasteiger partial charge on any atom is 0.338 e. The van der Waals surface area contributed by atoms with Gasteiger partial charge in [0.1, 0.15) is 0 Å². The number of fused-ring (bicyclic) bond motifs is 1. The van der Waals surface area contributed by atoms with Crippen molar-refractivity contribution in [2.75, 3.05) is 6.61 Å². The minimum absolute atomic E-state index is 0.262. The number of nitrogens with one attached hydrogen (secondary N) is 1. The van der Waals surface area contributed by atoms with Crippen molar-refractivity contribution in [3.05, 3.63) is 35.5 Å². The number of rotatable bonds is 2. The van der Waals surface area contributed by atoms with Crippen molar-refractivity contribution in [2.45, 2.75) is 13.8 Å². The van der Waals surface area contributed by atoms with Gasteiger partial charge in [-0.1, -0.05) is 6.07 Å². The molecular formula is C12H13NO2. The molecule has 0 radical (unpaired) electrons. The molecule has 0 aliphatic carbocycles. The third-order valence-electron chi connectivity index (χ3n) is 2.43. The standard InChI is InChI=1S/C12H13NO2/c1-3-15-12(14)10-5-4-8(2)11-9(10)6-7-13-11/h4-7,13H,3H2,1-2H3. The molecule has 3 nitrogen and oxygen atoms in total. The minimum atomic E-state index is -0.262. The predicted octanol–water partition coefficient (Wildman–Crippen LogP) is 2.65. The second-order valence-corrected chi connectivity index (χ2v) is 3.42. The van der Waals surface area contributed by atoms with Crippen LogP contribution in [0.4, 0.5) is 0 Å². The molecule has 0 atom stereocenters. The molecule has 0 aliphatic rings. The third kappa shape index (κ3) is 1.61. The second kappa shape index (κ2) is 3.77. The van der Waals surface area contributed by atoms with Gasteiger partial charge in [-0.15, -0.1) is 0 Å². The van der Waals surface area contributed by atoms with E-state index in [-0.39, 0.29) is 5.97 Å². The number of ether oxygens (including phenoxy) is 1. The molecule has 2 rings (SSSR count). The number of H-pyrrole nitrogens is 1. The van der Waals surface area contributed by atoms with Gasteiger partial charge in [-0.05, 0) is 31.5 Å². The van der Waals surface area contributed by atoms with Gasteiger partial charge in [0.2, 0.25) is 0 Å². The number of esters is 1. The van der Waals surface area contributed by atoms with Crippen LogP contribution < -0.4 is 0 Å². The van der Waals surface area contributed by atoms with E-state index in [1.807, 2.05) is 31.3 Å². The molecule has 0 unspecified atom stereocenters. The van der Waals surface area contributed by atoms with Crippen molar-refractivity contribution in [1.82, 2.24) is 4.98 Å². The van der Waals surface area contributed by atoms with Crippen molar-refractivity contribution >= 4 is 16.9 Å². The number of aromatic amines is 1. The van der Waals surface area contributed by atoms with Crippen molar-refractivity contribution in [2.24, 2.45) is 0 Å². The highest BCUT2D eigenvalue weighted by Crippen LogP contribution is 2.21. The van der Waals surface area contributed by atoms with Gasteiger partial charge < -0.3 is 9.72 Å². The van der Waals surface area contributed by atoms with Gasteiger partial charge in [0.25, 0.3) is 0 Å². The van der Waals surface area contributed by atoms with E-state index in [1.54, 1.807) is 6.92 Å². The summed E-state index contributed by atoms with van der Waals surface area (Å²) in [4.78, 5) is 14.7.